The van der Waals surface area contributed by atoms with E-state index in [1.54, 1.807) is 30.3 Å². The first-order valence-corrected chi connectivity index (χ1v) is 9.25. The first kappa shape index (κ1) is 22.6. The average Bonchev–Trinajstić information content (AvgIpc) is 2.66. The normalized spacial score (nSPS) is 12.2. The molecule has 0 aliphatic heterocycles. The third-order valence-electron chi connectivity index (χ3n) is 3.94. The molecule has 2 amide bonds. The molecule has 0 radical (unpaired) electrons. The van der Waals surface area contributed by atoms with Crippen LogP contribution in [0.1, 0.15) is 29.3 Å². The van der Waals surface area contributed by atoms with Crippen molar-refractivity contribution in [3.8, 4) is 0 Å². The van der Waals surface area contributed by atoms with Gasteiger partial charge in [0.05, 0.1) is 6.42 Å². The van der Waals surface area contributed by atoms with Gasteiger partial charge in [-0.25, -0.2) is 0 Å². The Kier molecular flexibility index (Phi) is 7.55. The van der Waals surface area contributed by atoms with Crippen LogP contribution in [0.25, 0.3) is 0 Å². The first-order chi connectivity index (χ1) is 13.6. The van der Waals surface area contributed by atoms with E-state index in [0.717, 1.165) is 6.92 Å². The van der Waals surface area contributed by atoms with Crippen molar-refractivity contribution in [2.75, 3.05) is 0 Å². The molecule has 0 aliphatic rings. The van der Waals surface area contributed by atoms with Gasteiger partial charge in [-0.05, 0) is 29.8 Å². The molecule has 1 atom stereocenters. The Hall–Kier alpha value is -2.68. The van der Waals surface area contributed by atoms with E-state index in [-0.39, 0.29) is 17.1 Å². The van der Waals surface area contributed by atoms with Crippen LogP contribution < -0.4 is 0 Å². The molecule has 0 bridgehead atoms. The van der Waals surface area contributed by atoms with Gasteiger partial charge in [-0.15, -0.1) is 0 Å². The lowest BCUT2D eigenvalue weighted by Crippen LogP contribution is -2.52. The van der Waals surface area contributed by atoms with Gasteiger partial charge in [0, 0.05) is 17.0 Å². The van der Waals surface area contributed by atoms with E-state index in [4.69, 9.17) is 4.74 Å². The number of imide groups is 1. The molecule has 2 aromatic rings. The Labute approximate surface area is 173 Å². The van der Waals surface area contributed by atoms with Crippen LogP contribution in [0.2, 0.25) is 0 Å². The van der Waals surface area contributed by atoms with Crippen LogP contribution >= 0.6 is 15.9 Å². The van der Waals surface area contributed by atoms with Crippen molar-refractivity contribution < 1.29 is 32.3 Å². The molecule has 154 valence electrons. The molecule has 29 heavy (non-hydrogen) atoms. The van der Waals surface area contributed by atoms with Crippen LogP contribution in [0, 0.1) is 0 Å². The number of carbonyl (C=O) groups excluding carboxylic acids is 3. The highest BCUT2D eigenvalue weighted by Gasteiger charge is 2.48. The summed E-state index contributed by atoms with van der Waals surface area (Å²) in [5, 5.41) is 0. The van der Waals surface area contributed by atoms with Gasteiger partial charge in [-0.2, -0.15) is 13.2 Å². The topological polar surface area (TPSA) is 63.7 Å². The number of ether oxygens (including phenoxy) is 1. The van der Waals surface area contributed by atoms with Crippen LogP contribution in [-0.2, 0) is 20.9 Å². The molecule has 0 fully saturated rings. The van der Waals surface area contributed by atoms with Gasteiger partial charge in [-0.1, -0.05) is 46.3 Å². The number of hydrogen-bond donors (Lipinski definition) is 0. The number of alkyl halides is 3. The van der Waals surface area contributed by atoms with E-state index in [0.29, 0.717) is 10.0 Å². The molecule has 5 nitrogen and oxygen atoms in total. The number of amides is 2. The largest absolute Gasteiger partial charge is 0.461 e. The lowest BCUT2D eigenvalue weighted by atomic mass is 10.1. The quantitative estimate of drug-likeness (QED) is 0.581. The first-order valence-electron chi connectivity index (χ1n) is 8.45. The third kappa shape index (κ3) is 6.42. The summed E-state index contributed by atoms with van der Waals surface area (Å²) in [5.74, 6) is -3.45. The molecule has 0 aromatic heterocycles. The van der Waals surface area contributed by atoms with Crippen molar-refractivity contribution in [2.45, 2.75) is 32.2 Å². The summed E-state index contributed by atoms with van der Waals surface area (Å²) in [7, 11) is 0. The van der Waals surface area contributed by atoms with Crippen LogP contribution in [-0.4, -0.2) is 34.9 Å². The second-order valence-electron chi connectivity index (χ2n) is 6.11. The van der Waals surface area contributed by atoms with Crippen molar-refractivity contribution in [2.24, 2.45) is 0 Å². The summed E-state index contributed by atoms with van der Waals surface area (Å²) in [6.07, 6.45) is -6.21. The van der Waals surface area contributed by atoms with Crippen LogP contribution in [0.4, 0.5) is 13.2 Å². The Bertz CT molecular complexity index is 870. The zero-order chi connectivity index (χ0) is 21.6. The molecule has 0 saturated heterocycles. The van der Waals surface area contributed by atoms with Gasteiger partial charge in [0.1, 0.15) is 12.6 Å². The summed E-state index contributed by atoms with van der Waals surface area (Å²) in [4.78, 5) is 36.6. The summed E-state index contributed by atoms with van der Waals surface area (Å²) < 4.78 is 46.4. The van der Waals surface area contributed by atoms with E-state index in [2.05, 4.69) is 15.9 Å². The Morgan fingerprint density at radius 3 is 2.14 bits per heavy atom. The van der Waals surface area contributed by atoms with Crippen molar-refractivity contribution in [3.05, 3.63) is 70.2 Å². The molecule has 0 aliphatic carbocycles. The summed E-state index contributed by atoms with van der Waals surface area (Å²) in [6.45, 7) is 0.621. The average molecular weight is 472 g/mol. The predicted molar refractivity (Wildman–Crippen MR) is 102 cm³/mol. The molecular formula is C20H17BrF3NO4. The van der Waals surface area contributed by atoms with Crippen molar-refractivity contribution in [1.82, 2.24) is 4.90 Å². The van der Waals surface area contributed by atoms with Crippen LogP contribution in [0.15, 0.2) is 59.1 Å². The van der Waals surface area contributed by atoms with E-state index < -0.39 is 36.4 Å². The molecule has 0 spiro atoms. The fraction of sp³-hybridized carbons (Fsp3) is 0.250. The van der Waals surface area contributed by atoms with Crippen molar-refractivity contribution in [3.63, 3.8) is 0 Å². The highest BCUT2D eigenvalue weighted by Crippen LogP contribution is 2.29. The van der Waals surface area contributed by atoms with Gasteiger partial charge in [0.15, 0.2) is 0 Å². The number of nitrogens with zero attached hydrogens (tertiary/aromatic N) is 1. The van der Waals surface area contributed by atoms with E-state index in [1.165, 1.54) is 24.3 Å². The monoisotopic (exact) mass is 471 g/mol. The summed E-state index contributed by atoms with van der Waals surface area (Å²) >= 11 is 3.16. The Morgan fingerprint density at radius 1 is 1.03 bits per heavy atom. The van der Waals surface area contributed by atoms with Gasteiger partial charge in [0.25, 0.3) is 5.91 Å². The van der Waals surface area contributed by atoms with Crippen molar-refractivity contribution in [1.29, 1.82) is 0 Å². The molecule has 9 heteroatoms. The maximum Gasteiger partial charge on any atom is 0.409 e. The smallest absolute Gasteiger partial charge is 0.409 e. The zero-order valence-corrected chi connectivity index (χ0v) is 16.9. The number of esters is 1. The van der Waals surface area contributed by atoms with Gasteiger partial charge >= 0.3 is 12.1 Å². The molecule has 0 saturated carbocycles. The Balaban J connectivity index is 2.21. The minimum atomic E-state index is -5.01. The molecule has 0 heterocycles. The summed E-state index contributed by atoms with van der Waals surface area (Å²) in [5.41, 5.74) is 0.481. The molecular weight excluding hydrogens is 455 g/mol. The van der Waals surface area contributed by atoms with E-state index >= 15 is 0 Å². The van der Waals surface area contributed by atoms with E-state index in [9.17, 15) is 27.6 Å². The highest BCUT2D eigenvalue weighted by atomic mass is 79.9. The fourth-order valence-electron chi connectivity index (χ4n) is 2.54. The second kappa shape index (κ2) is 9.69. The number of hydrogen-bond acceptors (Lipinski definition) is 4. The molecule has 0 N–H and O–H groups in total. The number of benzene rings is 2. The van der Waals surface area contributed by atoms with Crippen LogP contribution in [0.5, 0.6) is 0 Å². The Morgan fingerprint density at radius 2 is 1.62 bits per heavy atom. The molecule has 1 unspecified atom stereocenters. The minimum Gasteiger partial charge on any atom is -0.461 e. The maximum atomic E-state index is 13.6. The van der Waals surface area contributed by atoms with Gasteiger partial charge in [0.2, 0.25) is 5.91 Å². The SMILES string of the molecule is CC(=O)N(C(=O)c1ccc(Br)cc1)C(CC(=O)OCc1ccccc1)C(F)(F)F. The van der Waals surface area contributed by atoms with Gasteiger partial charge < -0.3 is 4.74 Å². The highest BCUT2D eigenvalue weighted by molar-refractivity contribution is 9.10. The minimum absolute atomic E-state index is 0.0486. The standard InChI is InChI=1S/C20H17BrF3NO4/c1-13(26)25(19(28)15-7-9-16(21)10-8-15)17(20(22,23)24)11-18(27)29-12-14-5-3-2-4-6-14/h2-10,17H,11-12H2,1H3. The summed E-state index contributed by atoms with van der Waals surface area (Å²) in [6, 6.07) is 11.3. The third-order valence-corrected chi connectivity index (χ3v) is 4.47. The number of halogens is 4. The molecule has 2 rings (SSSR count). The predicted octanol–water partition coefficient (Wildman–Crippen LogP) is 4.50. The maximum absolute atomic E-state index is 13.6. The van der Waals surface area contributed by atoms with E-state index in [1.807, 2.05) is 0 Å². The molecule has 2 aromatic carbocycles. The fourth-order valence-corrected chi connectivity index (χ4v) is 2.81. The number of rotatable bonds is 6. The number of carbonyl (C=O) groups is 3. The second-order valence-corrected chi connectivity index (χ2v) is 7.02. The van der Waals surface area contributed by atoms with Gasteiger partial charge in [-0.3, -0.25) is 19.3 Å². The van der Waals surface area contributed by atoms with Crippen molar-refractivity contribution >= 4 is 33.7 Å². The lowest BCUT2D eigenvalue weighted by Gasteiger charge is -2.30. The van der Waals surface area contributed by atoms with Crippen LogP contribution in [0.3, 0.4) is 0 Å². The lowest BCUT2D eigenvalue weighted by molar-refractivity contribution is -0.189. The zero-order valence-electron chi connectivity index (χ0n) is 15.3.